The molecule has 3 rings (SSSR count). The van der Waals surface area contributed by atoms with Crippen molar-refractivity contribution in [1.29, 1.82) is 0 Å². The standard InChI is InChI=1S/C15H17N3O3/c19-15(12-3-7-20-10-12)18-6-5-17-8-13(18)11-21-14-2-1-4-16-9-14/h1-4,7,9-10,13,17H,5-6,8,11H2. The Morgan fingerprint density at radius 1 is 1.52 bits per heavy atom. The fourth-order valence-corrected chi connectivity index (χ4v) is 2.35. The zero-order chi connectivity index (χ0) is 14.5. The second kappa shape index (κ2) is 6.41. The van der Waals surface area contributed by atoms with E-state index in [4.69, 9.17) is 9.15 Å². The maximum absolute atomic E-state index is 12.5. The second-order valence-corrected chi connectivity index (χ2v) is 4.87. The van der Waals surface area contributed by atoms with Gasteiger partial charge in [-0.05, 0) is 18.2 Å². The summed E-state index contributed by atoms with van der Waals surface area (Å²) in [6, 6.07) is 5.35. The first-order valence-electron chi connectivity index (χ1n) is 6.91. The second-order valence-electron chi connectivity index (χ2n) is 4.87. The van der Waals surface area contributed by atoms with Gasteiger partial charge in [-0.3, -0.25) is 9.78 Å². The van der Waals surface area contributed by atoms with E-state index in [1.807, 2.05) is 17.0 Å². The van der Waals surface area contributed by atoms with Gasteiger partial charge in [0.05, 0.1) is 24.1 Å². The maximum atomic E-state index is 12.5. The van der Waals surface area contributed by atoms with Gasteiger partial charge in [-0.25, -0.2) is 0 Å². The third-order valence-electron chi connectivity index (χ3n) is 3.46. The molecule has 2 aromatic heterocycles. The van der Waals surface area contributed by atoms with Crippen LogP contribution in [0.1, 0.15) is 10.4 Å². The van der Waals surface area contributed by atoms with Gasteiger partial charge in [0, 0.05) is 25.8 Å². The third kappa shape index (κ3) is 3.22. The highest BCUT2D eigenvalue weighted by Gasteiger charge is 2.28. The van der Waals surface area contributed by atoms with Crippen molar-refractivity contribution in [3.63, 3.8) is 0 Å². The van der Waals surface area contributed by atoms with Crippen LogP contribution < -0.4 is 10.1 Å². The molecular formula is C15H17N3O3. The molecule has 1 atom stereocenters. The van der Waals surface area contributed by atoms with E-state index in [-0.39, 0.29) is 11.9 Å². The molecule has 0 aliphatic carbocycles. The highest BCUT2D eigenvalue weighted by molar-refractivity contribution is 5.94. The van der Waals surface area contributed by atoms with Crippen LogP contribution in [0, 0.1) is 0 Å². The summed E-state index contributed by atoms with van der Waals surface area (Å²) in [7, 11) is 0. The van der Waals surface area contributed by atoms with E-state index in [0.717, 1.165) is 6.54 Å². The average molecular weight is 287 g/mol. The molecule has 1 amide bonds. The molecular weight excluding hydrogens is 270 g/mol. The van der Waals surface area contributed by atoms with Gasteiger partial charge in [0.25, 0.3) is 5.91 Å². The molecule has 6 heteroatoms. The zero-order valence-corrected chi connectivity index (χ0v) is 11.6. The number of amides is 1. The minimum absolute atomic E-state index is 0.0126. The van der Waals surface area contributed by atoms with Gasteiger partial charge in [-0.2, -0.15) is 0 Å². The number of pyridine rings is 1. The molecule has 6 nitrogen and oxygen atoms in total. The number of nitrogens with zero attached hydrogens (tertiary/aromatic N) is 2. The fraction of sp³-hybridized carbons (Fsp3) is 0.333. The van der Waals surface area contributed by atoms with Crippen LogP contribution in [-0.2, 0) is 0 Å². The van der Waals surface area contributed by atoms with E-state index >= 15 is 0 Å². The number of aromatic nitrogens is 1. The summed E-state index contributed by atoms with van der Waals surface area (Å²) < 4.78 is 10.7. The first kappa shape index (κ1) is 13.6. The molecule has 1 unspecified atom stereocenters. The highest BCUT2D eigenvalue weighted by Crippen LogP contribution is 2.13. The summed E-state index contributed by atoms with van der Waals surface area (Å²) in [6.45, 7) is 2.59. The van der Waals surface area contributed by atoms with Gasteiger partial charge < -0.3 is 19.4 Å². The Balaban J connectivity index is 1.65. The Labute approximate surface area is 122 Å². The SMILES string of the molecule is O=C(c1ccoc1)N1CCNCC1COc1cccnc1. The van der Waals surface area contributed by atoms with Crippen molar-refractivity contribution < 1.29 is 13.9 Å². The Morgan fingerprint density at radius 3 is 3.24 bits per heavy atom. The number of hydrogen-bond acceptors (Lipinski definition) is 5. The quantitative estimate of drug-likeness (QED) is 0.914. The molecule has 1 saturated heterocycles. The Kier molecular flexibility index (Phi) is 4.16. The minimum Gasteiger partial charge on any atom is -0.490 e. The van der Waals surface area contributed by atoms with Crippen LogP contribution in [0.15, 0.2) is 47.5 Å². The highest BCUT2D eigenvalue weighted by atomic mass is 16.5. The number of nitrogens with one attached hydrogen (secondary N) is 1. The number of furan rings is 1. The molecule has 0 saturated carbocycles. The van der Waals surface area contributed by atoms with Gasteiger partial charge in [0.15, 0.2) is 0 Å². The molecule has 3 heterocycles. The number of rotatable bonds is 4. The topological polar surface area (TPSA) is 67.6 Å². The van der Waals surface area contributed by atoms with Gasteiger partial charge in [-0.15, -0.1) is 0 Å². The zero-order valence-electron chi connectivity index (χ0n) is 11.6. The molecule has 110 valence electrons. The number of piperazine rings is 1. The molecule has 0 aromatic carbocycles. The van der Waals surface area contributed by atoms with Gasteiger partial charge >= 0.3 is 0 Å². The maximum Gasteiger partial charge on any atom is 0.257 e. The molecule has 1 fully saturated rings. The lowest BCUT2D eigenvalue weighted by Gasteiger charge is -2.35. The van der Waals surface area contributed by atoms with Crippen LogP contribution in [0.5, 0.6) is 5.75 Å². The molecule has 21 heavy (non-hydrogen) atoms. The predicted molar refractivity (Wildman–Crippen MR) is 76.1 cm³/mol. The molecule has 0 bridgehead atoms. The summed E-state index contributed by atoms with van der Waals surface area (Å²) in [5.74, 6) is 0.684. The molecule has 1 N–H and O–H groups in total. The van der Waals surface area contributed by atoms with Crippen molar-refractivity contribution in [2.45, 2.75) is 6.04 Å². The molecule has 2 aromatic rings. The van der Waals surface area contributed by atoms with Crippen molar-refractivity contribution in [2.24, 2.45) is 0 Å². The smallest absolute Gasteiger partial charge is 0.257 e. The van der Waals surface area contributed by atoms with Crippen LogP contribution in [0.4, 0.5) is 0 Å². The van der Waals surface area contributed by atoms with Crippen molar-refractivity contribution in [3.8, 4) is 5.75 Å². The summed E-state index contributed by atoms with van der Waals surface area (Å²) in [6.07, 6.45) is 6.35. The van der Waals surface area contributed by atoms with Crippen molar-refractivity contribution in [2.75, 3.05) is 26.2 Å². The Bertz CT molecular complexity index is 571. The lowest BCUT2D eigenvalue weighted by molar-refractivity contribution is 0.0558. The van der Waals surface area contributed by atoms with Gasteiger partial charge in [0.2, 0.25) is 0 Å². The van der Waals surface area contributed by atoms with Crippen LogP contribution in [0.2, 0.25) is 0 Å². The first-order valence-corrected chi connectivity index (χ1v) is 6.91. The van der Waals surface area contributed by atoms with Gasteiger partial charge in [0.1, 0.15) is 18.6 Å². The van der Waals surface area contributed by atoms with E-state index in [1.165, 1.54) is 12.5 Å². The number of carbonyl (C=O) groups excluding carboxylic acids is 1. The number of ether oxygens (including phenoxy) is 1. The van der Waals surface area contributed by atoms with E-state index < -0.39 is 0 Å². The lowest BCUT2D eigenvalue weighted by Crippen LogP contribution is -2.55. The van der Waals surface area contributed by atoms with Gasteiger partial charge in [-0.1, -0.05) is 0 Å². The Morgan fingerprint density at radius 2 is 2.48 bits per heavy atom. The average Bonchev–Trinajstić information content (AvgIpc) is 3.08. The molecule has 1 aliphatic heterocycles. The van der Waals surface area contributed by atoms with Crippen molar-refractivity contribution in [3.05, 3.63) is 48.7 Å². The summed E-state index contributed by atoms with van der Waals surface area (Å²) >= 11 is 0. The predicted octanol–water partition coefficient (Wildman–Crippen LogP) is 1.17. The monoisotopic (exact) mass is 287 g/mol. The van der Waals surface area contributed by atoms with E-state index in [9.17, 15) is 4.79 Å². The van der Waals surface area contributed by atoms with Crippen LogP contribution >= 0.6 is 0 Å². The summed E-state index contributed by atoms with van der Waals surface area (Å²) in [5, 5.41) is 3.29. The lowest BCUT2D eigenvalue weighted by atomic mass is 10.1. The molecule has 0 spiro atoms. The Hall–Kier alpha value is -2.34. The van der Waals surface area contributed by atoms with E-state index in [0.29, 0.717) is 31.0 Å². The van der Waals surface area contributed by atoms with Crippen molar-refractivity contribution in [1.82, 2.24) is 15.2 Å². The summed E-state index contributed by atoms with van der Waals surface area (Å²) in [4.78, 5) is 18.3. The normalized spacial score (nSPS) is 18.5. The minimum atomic E-state index is -0.0231. The van der Waals surface area contributed by atoms with Crippen LogP contribution in [-0.4, -0.2) is 48.1 Å². The third-order valence-corrected chi connectivity index (χ3v) is 3.46. The number of hydrogen-bond donors (Lipinski definition) is 1. The summed E-state index contributed by atoms with van der Waals surface area (Å²) in [5.41, 5.74) is 0.572. The van der Waals surface area contributed by atoms with Crippen LogP contribution in [0.25, 0.3) is 0 Å². The largest absolute Gasteiger partial charge is 0.490 e. The number of carbonyl (C=O) groups is 1. The van der Waals surface area contributed by atoms with E-state index in [1.54, 1.807) is 18.5 Å². The first-order chi connectivity index (χ1) is 10.3. The molecule has 0 radical (unpaired) electrons. The van der Waals surface area contributed by atoms with Crippen molar-refractivity contribution >= 4 is 5.91 Å². The molecule has 1 aliphatic rings. The fourth-order valence-electron chi connectivity index (χ4n) is 2.35. The van der Waals surface area contributed by atoms with E-state index in [2.05, 4.69) is 10.3 Å². The van der Waals surface area contributed by atoms with Crippen LogP contribution in [0.3, 0.4) is 0 Å².